The summed E-state index contributed by atoms with van der Waals surface area (Å²) < 4.78 is 32.1. The van der Waals surface area contributed by atoms with Crippen molar-refractivity contribution in [3.05, 3.63) is 65.2 Å². The van der Waals surface area contributed by atoms with Crippen molar-refractivity contribution < 1.29 is 17.9 Å². The maximum absolute atomic E-state index is 12.7. The van der Waals surface area contributed by atoms with Crippen LogP contribution in [-0.2, 0) is 27.0 Å². The summed E-state index contributed by atoms with van der Waals surface area (Å²) in [6, 6.07) is 15.4. The van der Waals surface area contributed by atoms with Crippen LogP contribution < -0.4 is 10.1 Å². The molecule has 0 unspecified atom stereocenters. The largest absolute Gasteiger partial charge is 0.497 e. The number of nitrogens with one attached hydrogen (secondary N) is 1. The van der Waals surface area contributed by atoms with Crippen LogP contribution in [0.1, 0.15) is 29.5 Å². The number of carbonyl (C=O) groups is 1. The second kappa shape index (κ2) is 10.1. The molecule has 1 aliphatic heterocycles. The lowest BCUT2D eigenvalue weighted by Gasteiger charge is -2.30. The van der Waals surface area contributed by atoms with Crippen LogP contribution in [-0.4, -0.2) is 45.4 Å². The number of methoxy groups -OCH3 is 1. The molecular formula is C23H30N2O4S. The van der Waals surface area contributed by atoms with E-state index in [1.54, 1.807) is 7.11 Å². The van der Waals surface area contributed by atoms with E-state index >= 15 is 0 Å². The van der Waals surface area contributed by atoms with E-state index in [1.165, 1.54) is 4.31 Å². The molecule has 7 heteroatoms. The van der Waals surface area contributed by atoms with E-state index < -0.39 is 10.0 Å². The Morgan fingerprint density at radius 2 is 1.80 bits per heavy atom. The third-order valence-corrected chi connectivity index (χ3v) is 7.37. The molecule has 1 saturated heterocycles. The summed E-state index contributed by atoms with van der Waals surface area (Å²) in [5.74, 6) is 0.699. The first-order valence-corrected chi connectivity index (χ1v) is 11.9. The first-order valence-electron chi connectivity index (χ1n) is 10.3. The summed E-state index contributed by atoms with van der Waals surface area (Å²) in [5, 5.41) is 2.99. The average Bonchev–Trinajstić information content (AvgIpc) is 2.74. The van der Waals surface area contributed by atoms with Gasteiger partial charge in [0.2, 0.25) is 15.9 Å². The zero-order chi connectivity index (χ0) is 21.6. The third-order valence-electron chi connectivity index (χ3n) is 5.52. The molecule has 6 nitrogen and oxygen atoms in total. The summed E-state index contributed by atoms with van der Waals surface area (Å²) in [5.41, 5.74) is 2.98. The maximum Gasteiger partial charge on any atom is 0.223 e. The fourth-order valence-corrected chi connectivity index (χ4v) is 5.32. The molecule has 162 valence electrons. The van der Waals surface area contributed by atoms with Crippen LogP contribution in [0.2, 0.25) is 0 Å². The zero-order valence-corrected chi connectivity index (χ0v) is 18.5. The standard InChI is InChI=1S/C23H30N2O4S/c1-18-4-3-5-20(16-18)17-30(27,28)25-14-11-21(12-15-25)23(26)24-13-10-19-6-8-22(29-2)9-7-19/h3-9,16,21H,10-15,17H2,1-2H3,(H,24,26). The molecule has 1 heterocycles. The van der Waals surface area contributed by atoms with Crippen molar-refractivity contribution in [2.75, 3.05) is 26.7 Å². The Balaban J connectivity index is 1.44. The van der Waals surface area contributed by atoms with Gasteiger partial charge < -0.3 is 10.1 Å². The van der Waals surface area contributed by atoms with Crippen LogP contribution in [0.15, 0.2) is 48.5 Å². The van der Waals surface area contributed by atoms with Crippen molar-refractivity contribution in [3.63, 3.8) is 0 Å². The number of carbonyl (C=O) groups excluding carboxylic acids is 1. The molecule has 0 saturated carbocycles. The highest BCUT2D eigenvalue weighted by Gasteiger charge is 2.31. The molecule has 30 heavy (non-hydrogen) atoms. The summed E-state index contributed by atoms with van der Waals surface area (Å²) in [7, 11) is -1.74. The smallest absolute Gasteiger partial charge is 0.223 e. The third kappa shape index (κ3) is 6.06. The Hall–Kier alpha value is -2.38. The molecule has 1 aliphatic rings. The Morgan fingerprint density at radius 1 is 1.10 bits per heavy atom. The van der Waals surface area contributed by atoms with E-state index in [0.29, 0.717) is 32.5 Å². The minimum Gasteiger partial charge on any atom is -0.497 e. The molecule has 0 bridgehead atoms. The van der Waals surface area contributed by atoms with Gasteiger partial charge in [-0.3, -0.25) is 4.79 Å². The highest BCUT2D eigenvalue weighted by Crippen LogP contribution is 2.22. The molecule has 1 N–H and O–H groups in total. The molecule has 1 amide bonds. The van der Waals surface area contributed by atoms with Gasteiger partial charge in [-0.2, -0.15) is 0 Å². The number of benzene rings is 2. The molecule has 0 aliphatic carbocycles. The summed E-state index contributed by atoms with van der Waals surface area (Å²) in [4.78, 5) is 12.5. The van der Waals surface area contributed by atoms with Crippen LogP contribution in [0, 0.1) is 12.8 Å². The van der Waals surface area contributed by atoms with Gasteiger partial charge in [0, 0.05) is 25.6 Å². The van der Waals surface area contributed by atoms with Gasteiger partial charge in [-0.25, -0.2) is 12.7 Å². The number of sulfonamides is 1. The number of amides is 1. The molecular weight excluding hydrogens is 400 g/mol. The molecule has 1 fully saturated rings. The SMILES string of the molecule is COc1ccc(CCNC(=O)C2CCN(S(=O)(=O)Cc3cccc(C)c3)CC2)cc1. The molecule has 0 atom stereocenters. The van der Waals surface area contributed by atoms with Crippen molar-refractivity contribution in [3.8, 4) is 5.75 Å². The first kappa shape index (κ1) is 22.3. The minimum absolute atomic E-state index is 0.00735. The number of hydrogen-bond donors (Lipinski definition) is 1. The van der Waals surface area contributed by atoms with Crippen LogP contribution in [0.4, 0.5) is 0 Å². The number of ether oxygens (including phenoxy) is 1. The van der Waals surface area contributed by atoms with Gasteiger partial charge in [-0.1, -0.05) is 42.0 Å². The lowest BCUT2D eigenvalue weighted by molar-refractivity contribution is -0.126. The van der Waals surface area contributed by atoms with Gasteiger partial charge in [-0.05, 0) is 49.4 Å². The molecule has 2 aromatic carbocycles. The van der Waals surface area contributed by atoms with Gasteiger partial charge >= 0.3 is 0 Å². The normalized spacial score (nSPS) is 15.7. The second-order valence-corrected chi connectivity index (χ2v) is 9.78. The quantitative estimate of drug-likeness (QED) is 0.699. The summed E-state index contributed by atoms with van der Waals surface area (Å²) in [6.45, 7) is 3.31. The summed E-state index contributed by atoms with van der Waals surface area (Å²) >= 11 is 0. The number of hydrogen-bond acceptors (Lipinski definition) is 4. The van der Waals surface area contributed by atoms with Crippen LogP contribution >= 0.6 is 0 Å². The van der Waals surface area contributed by atoms with Gasteiger partial charge in [0.25, 0.3) is 0 Å². The van der Waals surface area contributed by atoms with Gasteiger partial charge in [0.1, 0.15) is 5.75 Å². The van der Waals surface area contributed by atoms with Gasteiger partial charge in [-0.15, -0.1) is 0 Å². The average molecular weight is 431 g/mol. The molecule has 2 aromatic rings. The highest BCUT2D eigenvalue weighted by molar-refractivity contribution is 7.88. The lowest BCUT2D eigenvalue weighted by atomic mass is 9.97. The Kier molecular flexibility index (Phi) is 7.50. The second-order valence-electron chi connectivity index (χ2n) is 7.81. The van der Waals surface area contributed by atoms with E-state index in [0.717, 1.165) is 28.9 Å². The van der Waals surface area contributed by atoms with Crippen molar-refractivity contribution >= 4 is 15.9 Å². The maximum atomic E-state index is 12.7. The number of rotatable bonds is 8. The number of piperidine rings is 1. The molecule has 0 spiro atoms. The Morgan fingerprint density at radius 3 is 2.43 bits per heavy atom. The Bertz CT molecular complexity index is 949. The van der Waals surface area contributed by atoms with Gasteiger partial charge in [0.15, 0.2) is 0 Å². The van der Waals surface area contributed by atoms with Crippen LogP contribution in [0.25, 0.3) is 0 Å². The van der Waals surface area contributed by atoms with E-state index in [2.05, 4.69) is 5.32 Å². The first-order chi connectivity index (χ1) is 14.4. The lowest BCUT2D eigenvalue weighted by Crippen LogP contribution is -2.43. The summed E-state index contributed by atoms with van der Waals surface area (Å²) in [6.07, 6.45) is 1.86. The number of nitrogens with zero attached hydrogens (tertiary/aromatic N) is 1. The zero-order valence-electron chi connectivity index (χ0n) is 17.6. The van der Waals surface area contributed by atoms with Crippen molar-refractivity contribution in [1.82, 2.24) is 9.62 Å². The fourth-order valence-electron chi connectivity index (χ4n) is 3.77. The number of aryl methyl sites for hydroxylation is 1. The monoisotopic (exact) mass is 430 g/mol. The topological polar surface area (TPSA) is 75.7 Å². The van der Waals surface area contributed by atoms with Crippen molar-refractivity contribution in [2.24, 2.45) is 5.92 Å². The predicted octanol–water partition coefficient (Wildman–Crippen LogP) is 2.90. The van der Waals surface area contributed by atoms with E-state index in [9.17, 15) is 13.2 Å². The van der Waals surface area contributed by atoms with E-state index in [1.807, 2.05) is 55.5 Å². The van der Waals surface area contributed by atoms with E-state index in [4.69, 9.17) is 4.74 Å². The van der Waals surface area contributed by atoms with Crippen LogP contribution in [0.3, 0.4) is 0 Å². The molecule has 0 aromatic heterocycles. The fraction of sp³-hybridized carbons (Fsp3) is 0.435. The molecule has 0 radical (unpaired) electrons. The van der Waals surface area contributed by atoms with Gasteiger partial charge in [0.05, 0.1) is 12.9 Å². The molecule has 3 rings (SSSR count). The van der Waals surface area contributed by atoms with Crippen molar-refractivity contribution in [1.29, 1.82) is 0 Å². The van der Waals surface area contributed by atoms with E-state index in [-0.39, 0.29) is 17.6 Å². The minimum atomic E-state index is -3.37. The predicted molar refractivity (Wildman–Crippen MR) is 118 cm³/mol. The van der Waals surface area contributed by atoms with Crippen molar-refractivity contribution in [2.45, 2.75) is 31.9 Å². The van der Waals surface area contributed by atoms with Crippen LogP contribution in [0.5, 0.6) is 5.75 Å². The Labute approximate surface area is 179 Å². The highest BCUT2D eigenvalue weighted by atomic mass is 32.2.